The Bertz CT molecular complexity index is 3790. The molecule has 0 N–H and O–H groups in total. The van der Waals surface area contributed by atoms with Crippen molar-refractivity contribution < 1.29 is 0 Å². The van der Waals surface area contributed by atoms with Crippen molar-refractivity contribution in [2.24, 2.45) is 0 Å². The Kier molecular flexibility index (Phi) is 7.69. The van der Waals surface area contributed by atoms with Gasteiger partial charge in [-0.05, 0) is 137 Å². The van der Waals surface area contributed by atoms with Crippen LogP contribution in [-0.2, 0) is 10.8 Å². The molecule has 0 amide bonds. The molecule has 0 saturated carbocycles. The topological polar surface area (TPSA) is 25.8 Å². The van der Waals surface area contributed by atoms with Crippen molar-refractivity contribution in [3.8, 4) is 86.3 Å². The fourth-order valence-electron chi connectivity index (χ4n) is 13.0. The van der Waals surface area contributed by atoms with Crippen LogP contribution in [-0.4, -0.2) is 8.75 Å². The number of hydrogen-bond donors (Lipinski definition) is 0. The first kappa shape index (κ1) is 38.2. The van der Waals surface area contributed by atoms with E-state index >= 15 is 0 Å². The number of hydrogen-bond acceptors (Lipinski definition) is 5. The van der Waals surface area contributed by atoms with E-state index in [2.05, 4.69) is 218 Å². The average molecular weight is 929 g/mol. The molecule has 4 aliphatic rings. The minimum atomic E-state index is -0.367. The highest BCUT2D eigenvalue weighted by atomic mass is 32.1. The van der Waals surface area contributed by atoms with Gasteiger partial charge in [0.15, 0.2) is 0 Å². The van der Waals surface area contributed by atoms with Crippen molar-refractivity contribution in [2.75, 3.05) is 0 Å². The van der Waals surface area contributed by atoms with Crippen LogP contribution in [0.4, 0.5) is 0 Å². The molecule has 0 aliphatic heterocycles. The van der Waals surface area contributed by atoms with Crippen LogP contribution in [0, 0.1) is 0 Å². The highest BCUT2D eigenvalue weighted by Gasteiger charge is 2.53. The van der Waals surface area contributed by atoms with Gasteiger partial charge in [0.25, 0.3) is 0 Å². The molecule has 9 aromatic carbocycles. The van der Waals surface area contributed by atoms with E-state index in [1.54, 1.807) is 0 Å². The van der Waals surface area contributed by atoms with Gasteiger partial charge in [-0.25, -0.2) is 0 Å². The zero-order valence-electron chi connectivity index (χ0n) is 36.9. The maximum atomic E-state index is 4.97. The summed E-state index contributed by atoms with van der Waals surface area (Å²) in [4.78, 5) is 4.87. The number of nitrogens with zero attached hydrogens (tertiary/aromatic N) is 2. The molecule has 3 heterocycles. The molecule has 4 aliphatic carbocycles. The summed E-state index contributed by atoms with van der Waals surface area (Å²) in [6.07, 6.45) is 0. The van der Waals surface area contributed by atoms with E-state index in [-0.39, 0.29) is 10.8 Å². The summed E-state index contributed by atoms with van der Waals surface area (Å²) in [5.74, 6) is 0. The van der Waals surface area contributed by atoms with E-state index in [4.69, 9.17) is 8.75 Å². The van der Waals surface area contributed by atoms with E-state index in [1.165, 1.54) is 131 Å². The SMILES string of the molecule is c1ccc2c(c1)-c1ccccc1C21c2ccccc2-c2ccc(-c3ccc(-c4ccc(-c5ccc(-c6ccc7c(c6)C6(c8ccccc8-c8ccccc86)c6ccccc6-7)s5)c5nsnc45)s3)cc21. The molecule has 2 spiro atoms. The molecule has 0 radical (unpaired) electrons. The number of thiophene rings is 2. The predicted octanol–water partition coefficient (Wildman–Crippen LogP) is 17.2. The number of rotatable bonds is 4. The van der Waals surface area contributed by atoms with Gasteiger partial charge in [-0.2, -0.15) is 8.75 Å². The quantitative estimate of drug-likeness (QED) is 0.176. The van der Waals surface area contributed by atoms with Gasteiger partial charge in [0.1, 0.15) is 11.0 Å². The van der Waals surface area contributed by atoms with E-state index in [1.807, 2.05) is 22.7 Å². The van der Waals surface area contributed by atoms with Crippen LogP contribution in [0.25, 0.3) is 97.3 Å². The van der Waals surface area contributed by atoms with Crippen molar-refractivity contribution in [3.63, 3.8) is 0 Å². The average Bonchev–Trinajstić information content (AvgIpc) is 4.30. The van der Waals surface area contributed by atoms with Crippen molar-refractivity contribution in [1.82, 2.24) is 8.75 Å². The molecular formula is C64H36N2S3. The van der Waals surface area contributed by atoms with Gasteiger partial charge in [0, 0.05) is 30.6 Å². The van der Waals surface area contributed by atoms with E-state index < -0.39 is 0 Å². The van der Waals surface area contributed by atoms with Gasteiger partial charge < -0.3 is 0 Å². The lowest BCUT2D eigenvalue weighted by atomic mass is 9.70. The Hall–Kier alpha value is -7.80. The molecule has 0 atom stereocenters. The number of benzene rings is 9. The highest BCUT2D eigenvalue weighted by Crippen LogP contribution is 2.65. The normalized spacial score (nSPS) is 14.3. The molecule has 2 nitrogen and oxygen atoms in total. The summed E-state index contributed by atoms with van der Waals surface area (Å²) in [7, 11) is 0. The van der Waals surface area contributed by atoms with Gasteiger partial charge in [-0.15, -0.1) is 22.7 Å². The first-order valence-electron chi connectivity index (χ1n) is 23.6. The third-order valence-electron chi connectivity index (χ3n) is 15.7. The summed E-state index contributed by atoms with van der Waals surface area (Å²) < 4.78 is 9.94. The van der Waals surface area contributed by atoms with Crippen LogP contribution in [0.1, 0.15) is 44.5 Å². The van der Waals surface area contributed by atoms with Crippen LogP contribution in [0.15, 0.2) is 218 Å². The van der Waals surface area contributed by atoms with Crippen LogP contribution in [0.5, 0.6) is 0 Å². The highest BCUT2D eigenvalue weighted by molar-refractivity contribution is 7.19. The van der Waals surface area contributed by atoms with Crippen molar-refractivity contribution in [1.29, 1.82) is 0 Å². The lowest BCUT2D eigenvalue weighted by Gasteiger charge is -2.30. The largest absolute Gasteiger partial charge is 0.172 e. The zero-order valence-corrected chi connectivity index (χ0v) is 39.4. The molecule has 0 fully saturated rings. The fraction of sp³-hybridized carbons (Fsp3) is 0.0312. The molecule has 5 heteroatoms. The third kappa shape index (κ3) is 4.84. The molecule has 0 unspecified atom stereocenters. The monoisotopic (exact) mass is 928 g/mol. The number of fused-ring (bicyclic) bond motifs is 21. The van der Waals surface area contributed by atoms with Crippen LogP contribution >= 0.6 is 34.4 Å². The molecule has 0 bridgehead atoms. The first-order chi connectivity index (χ1) is 34.2. The molecular weight excluding hydrogens is 893 g/mol. The lowest BCUT2D eigenvalue weighted by molar-refractivity contribution is 0.794. The molecule has 12 aromatic rings. The molecule has 3 aromatic heterocycles. The van der Waals surface area contributed by atoms with Gasteiger partial charge >= 0.3 is 0 Å². The second kappa shape index (κ2) is 13.9. The summed E-state index contributed by atoms with van der Waals surface area (Å²) in [5.41, 5.74) is 27.4. The summed E-state index contributed by atoms with van der Waals surface area (Å²) in [6.45, 7) is 0. The van der Waals surface area contributed by atoms with E-state index in [0.717, 1.165) is 22.2 Å². The van der Waals surface area contributed by atoms with Gasteiger partial charge in [-0.1, -0.05) is 182 Å². The number of aromatic nitrogens is 2. The van der Waals surface area contributed by atoms with Gasteiger partial charge in [0.2, 0.25) is 0 Å². The maximum absolute atomic E-state index is 4.97. The minimum Gasteiger partial charge on any atom is -0.172 e. The lowest BCUT2D eigenvalue weighted by Crippen LogP contribution is -2.25. The second-order valence-corrected chi connectivity index (χ2v) is 21.4. The summed E-state index contributed by atoms with van der Waals surface area (Å²) in [5, 5.41) is 0. The summed E-state index contributed by atoms with van der Waals surface area (Å²) in [6, 6.07) is 82.2. The van der Waals surface area contributed by atoms with Gasteiger partial charge in [0.05, 0.1) is 22.6 Å². The maximum Gasteiger partial charge on any atom is 0.114 e. The Balaban J connectivity index is 0.769. The van der Waals surface area contributed by atoms with E-state index in [0.29, 0.717) is 0 Å². The van der Waals surface area contributed by atoms with Crippen LogP contribution in [0.3, 0.4) is 0 Å². The molecule has 16 rings (SSSR count). The standard InChI is InChI=1S/C64H36N2S3/c1-7-19-49-39(13-1)40-14-2-8-20-50(40)63(49)53-23-11-5-17-43(53)45-27-25-37(35-55(45)63)57-31-33-59(67-57)47-29-30-48(62-61(47)65-69-66-62)60-34-32-58(68-60)38-26-28-46-44-18-6-12-24-54(44)64(56(46)36-38)51-21-9-3-15-41(51)42-16-4-10-22-52(42)64/h1-36H. The molecule has 69 heavy (non-hydrogen) atoms. The second-order valence-electron chi connectivity index (χ2n) is 18.7. The minimum absolute atomic E-state index is 0.367. The van der Waals surface area contributed by atoms with Crippen molar-refractivity contribution in [3.05, 3.63) is 263 Å². The Morgan fingerprint density at radius 2 is 0.522 bits per heavy atom. The van der Waals surface area contributed by atoms with Crippen LogP contribution < -0.4 is 0 Å². The Morgan fingerprint density at radius 1 is 0.246 bits per heavy atom. The first-order valence-corrected chi connectivity index (χ1v) is 25.9. The molecule has 0 saturated heterocycles. The fourth-order valence-corrected chi connectivity index (χ4v) is 15.7. The Labute approximate surface area is 411 Å². The third-order valence-corrected chi connectivity index (χ3v) is 18.6. The van der Waals surface area contributed by atoms with Crippen LogP contribution in [0.2, 0.25) is 0 Å². The van der Waals surface area contributed by atoms with E-state index in [9.17, 15) is 0 Å². The van der Waals surface area contributed by atoms with Crippen molar-refractivity contribution in [2.45, 2.75) is 10.8 Å². The van der Waals surface area contributed by atoms with Crippen molar-refractivity contribution >= 4 is 45.4 Å². The Morgan fingerprint density at radius 3 is 0.855 bits per heavy atom. The van der Waals surface area contributed by atoms with Gasteiger partial charge in [-0.3, -0.25) is 0 Å². The summed E-state index contributed by atoms with van der Waals surface area (Å²) >= 11 is 4.97. The smallest absolute Gasteiger partial charge is 0.114 e. The molecule has 320 valence electrons. The zero-order chi connectivity index (χ0) is 45.0. The predicted molar refractivity (Wildman–Crippen MR) is 288 cm³/mol.